The number of nitrogens with one attached hydrogen (secondary N) is 3. The molecule has 0 bridgehead atoms. The Morgan fingerprint density at radius 1 is 0.795 bits per heavy atom. The minimum absolute atomic E-state index is 0.0434. The molecule has 44 heavy (non-hydrogen) atoms. The van der Waals surface area contributed by atoms with Crippen LogP contribution in [0.1, 0.15) is 26.7 Å². The Balaban J connectivity index is 1.36. The summed E-state index contributed by atoms with van der Waals surface area (Å²) in [5.74, 6) is -0.832. The third kappa shape index (κ3) is 8.41. The average Bonchev–Trinajstić information content (AvgIpc) is 3.06. The van der Waals surface area contributed by atoms with Gasteiger partial charge in [0.15, 0.2) is 0 Å². The fourth-order valence-electron chi connectivity index (χ4n) is 4.09. The van der Waals surface area contributed by atoms with E-state index in [-0.39, 0.29) is 11.6 Å². The van der Waals surface area contributed by atoms with E-state index in [1.807, 2.05) is 36.4 Å². The number of rotatable bonds is 10. The number of nitrogens with zero attached hydrogens (tertiary/aromatic N) is 2. The van der Waals surface area contributed by atoms with Crippen molar-refractivity contribution in [3.63, 3.8) is 0 Å². The van der Waals surface area contributed by atoms with Crippen LogP contribution in [-0.4, -0.2) is 27.7 Å². The third-order valence-electron chi connectivity index (χ3n) is 6.19. The van der Waals surface area contributed by atoms with Crippen molar-refractivity contribution in [2.24, 2.45) is 0 Å². The maximum atomic E-state index is 13.5. The molecular formula is C34H26ClN5O3S. The second-order valence-electron chi connectivity index (χ2n) is 9.41. The normalized spacial score (nSPS) is 11.7. The van der Waals surface area contributed by atoms with Crippen LogP contribution in [-0.2, 0) is 9.59 Å². The minimum Gasteiger partial charge on any atom is -0.321 e. The first kappa shape index (κ1) is 30.2. The molecule has 2 heterocycles. The summed E-state index contributed by atoms with van der Waals surface area (Å²) in [6.07, 6.45) is 6.24. The van der Waals surface area contributed by atoms with Gasteiger partial charge in [-0.15, -0.1) is 11.8 Å². The number of aromatic nitrogens is 2. The summed E-state index contributed by atoms with van der Waals surface area (Å²) in [5, 5.41) is 8.29. The van der Waals surface area contributed by atoms with Crippen molar-refractivity contribution in [2.45, 2.75) is 10.1 Å². The van der Waals surface area contributed by atoms with Crippen LogP contribution >= 0.6 is 23.4 Å². The Labute approximate surface area is 263 Å². The topological polar surface area (TPSA) is 113 Å². The smallest absolute Gasteiger partial charge is 0.272 e. The highest BCUT2D eigenvalue weighted by Crippen LogP contribution is 2.37. The number of pyridine rings is 2. The largest absolute Gasteiger partial charge is 0.321 e. The Bertz CT molecular complexity index is 1770. The Morgan fingerprint density at radius 2 is 1.57 bits per heavy atom. The van der Waals surface area contributed by atoms with Crippen molar-refractivity contribution < 1.29 is 14.4 Å². The van der Waals surface area contributed by atoms with Crippen LogP contribution in [0.4, 0.5) is 11.5 Å². The summed E-state index contributed by atoms with van der Waals surface area (Å²) in [5.41, 5.74) is 2.38. The number of anilines is 2. The lowest BCUT2D eigenvalue weighted by molar-refractivity contribution is -0.116. The number of halogens is 1. The van der Waals surface area contributed by atoms with E-state index in [1.165, 1.54) is 18.0 Å². The summed E-state index contributed by atoms with van der Waals surface area (Å²) in [6, 6.07) is 32.0. The van der Waals surface area contributed by atoms with Crippen LogP contribution in [0.3, 0.4) is 0 Å². The number of carbonyl (C=O) groups excluding carboxylic acids is 3. The molecule has 0 fully saturated rings. The standard InChI is InChI=1S/C34H26ClN5O3S/c35-26-16-17-30(37-22-26)40-34(43)31(24-10-3-1-4-11-24)44-28-15-7-14-27(20-28)38-33(42)29(19-23-9-8-18-36-21-23)39-32(41)25-12-5-2-6-13-25/h1-22,31H,(H,38,42)(H,39,41)(H,37,40,43)/b29-19-. The Morgan fingerprint density at radius 3 is 2.27 bits per heavy atom. The van der Waals surface area contributed by atoms with E-state index in [4.69, 9.17) is 11.6 Å². The van der Waals surface area contributed by atoms with Crippen LogP contribution in [0.2, 0.25) is 5.02 Å². The zero-order chi connectivity index (χ0) is 30.7. The summed E-state index contributed by atoms with van der Waals surface area (Å²) in [7, 11) is 0. The summed E-state index contributed by atoms with van der Waals surface area (Å²) in [4.78, 5) is 48.8. The molecule has 3 amide bonds. The molecule has 1 atom stereocenters. The molecule has 2 aromatic heterocycles. The fourth-order valence-corrected chi connectivity index (χ4v) is 5.29. The highest BCUT2D eigenvalue weighted by molar-refractivity contribution is 8.00. The van der Waals surface area contributed by atoms with Gasteiger partial charge in [-0.05, 0) is 65.7 Å². The van der Waals surface area contributed by atoms with E-state index in [1.54, 1.807) is 91.3 Å². The lowest BCUT2D eigenvalue weighted by Crippen LogP contribution is -2.30. The van der Waals surface area contributed by atoms with Gasteiger partial charge < -0.3 is 16.0 Å². The minimum atomic E-state index is -0.620. The van der Waals surface area contributed by atoms with Crippen molar-refractivity contribution in [3.8, 4) is 0 Å². The molecule has 8 nitrogen and oxygen atoms in total. The molecule has 218 valence electrons. The first-order valence-corrected chi connectivity index (χ1v) is 14.7. The highest BCUT2D eigenvalue weighted by Gasteiger charge is 2.23. The van der Waals surface area contributed by atoms with E-state index in [0.717, 1.165) is 10.5 Å². The fraction of sp³-hybridized carbons (Fsp3) is 0.0294. The van der Waals surface area contributed by atoms with E-state index in [0.29, 0.717) is 27.7 Å². The maximum Gasteiger partial charge on any atom is 0.272 e. The van der Waals surface area contributed by atoms with Crippen molar-refractivity contribution in [2.75, 3.05) is 10.6 Å². The van der Waals surface area contributed by atoms with E-state index >= 15 is 0 Å². The Hall–Kier alpha value is -5.25. The molecule has 0 radical (unpaired) electrons. The quantitative estimate of drug-likeness (QED) is 0.114. The lowest BCUT2D eigenvalue weighted by Gasteiger charge is -2.17. The van der Waals surface area contributed by atoms with Gasteiger partial charge in [-0.1, -0.05) is 72.3 Å². The van der Waals surface area contributed by atoms with E-state index < -0.39 is 17.1 Å². The molecule has 5 rings (SSSR count). The molecule has 10 heteroatoms. The first-order chi connectivity index (χ1) is 21.4. The summed E-state index contributed by atoms with van der Waals surface area (Å²) >= 11 is 7.26. The Kier molecular flexibility index (Phi) is 10.1. The lowest BCUT2D eigenvalue weighted by atomic mass is 10.1. The van der Waals surface area contributed by atoms with Crippen LogP contribution in [0, 0.1) is 0 Å². The van der Waals surface area contributed by atoms with E-state index in [9.17, 15) is 14.4 Å². The molecule has 0 spiro atoms. The second-order valence-corrected chi connectivity index (χ2v) is 11.0. The number of carbonyl (C=O) groups is 3. The first-order valence-electron chi connectivity index (χ1n) is 13.5. The van der Waals surface area contributed by atoms with Crippen molar-refractivity contribution in [3.05, 3.63) is 155 Å². The van der Waals surface area contributed by atoms with Gasteiger partial charge in [-0.3, -0.25) is 19.4 Å². The molecule has 1 unspecified atom stereocenters. The number of amides is 3. The van der Waals surface area contributed by atoms with Gasteiger partial charge in [-0.2, -0.15) is 0 Å². The van der Waals surface area contributed by atoms with Gasteiger partial charge in [0, 0.05) is 34.7 Å². The van der Waals surface area contributed by atoms with Crippen molar-refractivity contribution in [1.29, 1.82) is 0 Å². The number of benzene rings is 3. The monoisotopic (exact) mass is 619 g/mol. The number of hydrogen-bond acceptors (Lipinski definition) is 6. The molecule has 0 aliphatic rings. The number of hydrogen-bond donors (Lipinski definition) is 3. The molecule has 0 aliphatic heterocycles. The van der Waals surface area contributed by atoms with Crippen LogP contribution in [0.5, 0.6) is 0 Å². The number of thioether (sulfide) groups is 1. The van der Waals surface area contributed by atoms with E-state index in [2.05, 4.69) is 25.9 Å². The summed E-state index contributed by atoms with van der Waals surface area (Å²) in [6.45, 7) is 0. The maximum absolute atomic E-state index is 13.5. The second kappa shape index (κ2) is 14.8. The van der Waals surface area contributed by atoms with Crippen LogP contribution in [0.15, 0.2) is 138 Å². The molecule has 5 aromatic rings. The van der Waals surface area contributed by atoms with Gasteiger partial charge in [0.2, 0.25) is 5.91 Å². The third-order valence-corrected chi connectivity index (χ3v) is 7.66. The van der Waals surface area contributed by atoms with Gasteiger partial charge in [-0.25, -0.2) is 4.98 Å². The summed E-state index contributed by atoms with van der Waals surface area (Å²) < 4.78 is 0. The van der Waals surface area contributed by atoms with Crippen LogP contribution < -0.4 is 16.0 Å². The van der Waals surface area contributed by atoms with Gasteiger partial charge in [0.25, 0.3) is 11.8 Å². The molecular weight excluding hydrogens is 594 g/mol. The predicted octanol–water partition coefficient (Wildman–Crippen LogP) is 7.01. The molecule has 0 aliphatic carbocycles. The SMILES string of the molecule is O=C(Nc1cccc(SC(C(=O)Nc2ccc(Cl)cn2)c2ccccc2)c1)/C(=C/c1cccnc1)NC(=O)c1ccccc1. The molecule has 0 saturated heterocycles. The average molecular weight is 620 g/mol. The molecule has 3 N–H and O–H groups in total. The highest BCUT2D eigenvalue weighted by atomic mass is 35.5. The van der Waals surface area contributed by atoms with Crippen molar-refractivity contribution in [1.82, 2.24) is 15.3 Å². The molecule has 3 aromatic carbocycles. The van der Waals surface area contributed by atoms with Gasteiger partial charge in [0.05, 0.1) is 5.02 Å². The predicted molar refractivity (Wildman–Crippen MR) is 174 cm³/mol. The van der Waals surface area contributed by atoms with Gasteiger partial charge >= 0.3 is 0 Å². The molecule has 0 saturated carbocycles. The van der Waals surface area contributed by atoms with Gasteiger partial charge in [0.1, 0.15) is 16.8 Å². The van der Waals surface area contributed by atoms with Crippen molar-refractivity contribution >= 4 is 58.7 Å². The zero-order valence-corrected chi connectivity index (χ0v) is 24.8. The van der Waals surface area contributed by atoms with Crippen LogP contribution in [0.25, 0.3) is 6.08 Å². The zero-order valence-electron chi connectivity index (χ0n) is 23.2.